The van der Waals surface area contributed by atoms with Crippen LogP contribution in [0.15, 0.2) is 60.8 Å². The Morgan fingerprint density at radius 3 is 2.29 bits per heavy atom. The summed E-state index contributed by atoms with van der Waals surface area (Å²) in [4.78, 5) is 27.6. The lowest BCUT2D eigenvalue weighted by Gasteiger charge is -2.34. The number of piperidine rings is 1. The number of carbonyl (C=O) groups excluding carboxylic acids is 2. The SMILES string of the molecule is CCc1ccc(NC(=O)c2cnn(-c3ccccc3)c2C2CCN(C(=O)OC(C)(C)C)CC2)cc1. The van der Waals surface area contributed by atoms with E-state index >= 15 is 0 Å². The second-order valence-corrected chi connectivity index (χ2v) is 9.94. The Hall–Kier alpha value is -3.61. The van der Waals surface area contributed by atoms with Gasteiger partial charge < -0.3 is 15.0 Å². The molecule has 0 saturated carbocycles. The number of nitrogens with zero attached hydrogens (tertiary/aromatic N) is 3. The number of para-hydroxylation sites is 1. The summed E-state index contributed by atoms with van der Waals surface area (Å²) in [5, 5.41) is 7.63. The van der Waals surface area contributed by atoms with Crippen molar-refractivity contribution in [3.05, 3.63) is 77.6 Å². The molecule has 2 aromatic carbocycles. The van der Waals surface area contributed by atoms with Crippen molar-refractivity contribution in [2.24, 2.45) is 0 Å². The first kappa shape index (κ1) is 24.5. The lowest BCUT2D eigenvalue weighted by molar-refractivity contribution is 0.0203. The fraction of sp³-hybridized carbons (Fsp3) is 0.393. The molecule has 0 spiro atoms. The number of likely N-dealkylation sites (tertiary alicyclic amines) is 1. The normalized spacial score (nSPS) is 14.6. The molecule has 0 bridgehead atoms. The predicted molar refractivity (Wildman–Crippen MR) is 137 cm³/mol. The summed E-state index contributed by atoms with van der Waals surface area (Å²) in [5.41, 5.74) is 3.79. The summed E-state index contributed by atoms with van der Waals surface area (Å²) < 4.78 is 7.41. The second-order valence-electron chi connectivity index (χ2n) is 9.94. The van der Waals surface area contributed by atoms with Crippen LogP contribution in [-0.2, 0) is 11.2 Å². The van der Waals surface area contributed by atoms with Crippen LogP contribution in [0.3, 0.4) is 0 Å². The van der Waals surface area contributed by atoms with Gasteiger partial charge in [0.15, 0.2) is 0 Å². The van der Waals surface area contributed by atoms with E-state index in [0.717, 1.165) is 36.3 Å². The van der Waals surface area contributed by atoms with Crippen molar-refractivity contribution >= 4 is 17.7 Å². The molecular weight excluding hydrogens is 440 g/mol. The van der Waals surface area contributed by atoms with E-state index in [4.69, 9.17) is 4.74 Å². The topological polar surface area (TPSA) is 76.5 Å². The number of aromatic nitrogens is 2. The summed E-state index contributed by atoms with van der Waals surface area (Å²) in [6.07, 6.45) is 3.76. The Bertz CT molecular complexity index is 1160. The smallest absolute Gasteiger partial charge is 0.410 e. The quantitative estimate of drug-likeness (QED) is 0.507. The molecule has 7 heteroatoms. The van der Waals surface area contributed by atoms with Gasteiger partial charge in [0.2, 0.25) is 0 Å². The second kappa shape index (κ2) is 10.3. The van der Waals surface area contributed by atoms with E-state index < -0.39 is 5.60 Å². The van der Waals surface area contributed by atoms with Gasteiger partial charge in [-0.1, -0.05) is 37.3 Å². The van der Waals surface area contributed by atoms with Crippen LogP contribution in [0.4, 0.5) is 10.5 Å². The summed E-state index contributed by atoms with van der Waals surface area (Å²) in [7, 11) is 0. The molecule has 0 radical (unpaired) electrons. The monoisotopic (exact) mass is 474 g/mol. The number of nitrogens with one attached hydrogen (secondary N) is 1. The molecule has 35 heavy (non-hydrogen) atoms. The highest BCUT2D eigenvalue weighted by Crippen LogP contribution is 2.33. The standard InChI is InChI=1S/C28H34N4O3/c1-5-20-11-13-22(14-12-20)30-26(33)24-19-29-32(23-9-7-6-8-10-23)25(24)21-15-17-31(18-16-21)27(34)35-28(2,3)4/h6-14,19,21H,5,15-18H2,1-4H3,(H,30,33). The van der Waals surface area contributed by atoms with Crippen molar-refractivity contribution in [3.63, 3.8) is 0 Å². The number of hydrogen-bond donors (Lipinski definition) is 1. The highest BCUT2D eigenvalue weighted by molar-refractivity contribution is 6.05. The molecule has 1 N–H and O–H groups in total. The van der Waals surface area contributed by atoms with E-state index in [1.165, 1.54) is 5.56 Å². The van der Waals surface area contributed by atoms with Gasteiger partial charge in [0.1, 0.15) is 5.60 Å². The Morgan fingerprint density at radius 2 is 1.69 bits per heavy atom. The van der Waals surface area contributed by atoms with Gasteiger partial charge in [-0.05, 0) is 69.9 Å². The van der Waals surface area contributed by atoms with Crippen LogP contribution < -0.4 is 5.32 Å². The van der Waals surface area contributed by atoms with Gasteiger partial charge in [-0.15, -0.1) is 0 Å². The minimum Gasteiger partial charge on any atom is -0.444 e. The van der Waals surface area contributed by atoms with E-state index in [1.807, 2.05) is 80.1 Å². The first-order valence-corrected chi connectivity index (χ1v) is 12.3. The minimum absolute atomic E-state index is 0.0830. The zero-order valence-corrected chi connectivity index (χ0v) is 21.0. The van der Waals surface area contributed by atoms with E-state index in [-0.39, 0.29) is 17.9 Å². The molecule has 1 aromatic heterocycles. The molecule has 2 amide bonds. The average molecular weight is 475 g/mol. The largest absolute Gasteiger partial charge is 0.444 e. The highest BCUT2D eigenvalue weighted by atomic mass is 16.6. The molecule has 7 nitrogen and oxygen atoms in total. The fourth-order valence-electron chi connectivity index (χ4n) is 4.38. The highest BCUT2D eigenvalue weighted by Gasteiger charge is 2.32. The van der Waals surface area contributed by atoms with Crippen molar-refractivity contribution in [1.82, 2.24) is 14.7 Å². The Labute approximate surface area is 207 Å². The maximum atomic E-state index is 13.4. The van der Waals surface area contributed by atoms with Crippen molar-refractivity contribution in [2.75, 3.05) is 18.4 Å². The number of ether oxygens (including phenoxy) is 1. The third-order valence-corrected chi connectivity index (χ3v) is 6.21. The lowest BCUT2D eigenvalue weighted by atomic mass is 9.90. The van der Waals surface area contributed by atoms with Gasteiger partial charge in [-0.3, -0.25) is 4.79 Å². The molecule has 4 rings (SSSR count). The zero-order valence-electron chi connectivity index (χ0n) is 21.0. The number of benzene rings is 2. The van der Waals surface area contributed by atoms with E-state index in [1.54, 1.807) is 11.1 Å². The van der Waals surface area contributed by atoms with Crippen LogP contribution in [0, 0.1) is 0 Å². The van der Waals surface area contributed by atoms with Gasteiger partial charge in [0, 0.05) is 24.7 Å². The van der Waals surface area contributed by atoms with Gasteiger partial charge in [0.05, 0.1) is 23.1 Å². The van der Waals surface area contributed by atoms with E-state index in [2.05, 4.69) is 17.3 Å². The molecule has 184 valence electrons. The Balaban J connectivity index is 1.58. The van der Waals surface area contributed by atoms with Crippen LogP contribution in [0.2, 0.25) is 0 Å². The molecular formula is C28H34N4O3. The first-order valence-electron chi connectivity index (χ1n) is 12.3. The Kier molecular flexibility index (Phi) is 7.24. The first-order chi connectivity index (χ1) is 16.7. The summed E-state index contributed by atoms with van der Waals surface area (Å²) in [6, 6.07) is 17.7. The maximum Gasteiger partial charge on any atom is 0.410 e. The van der Waals surface area contributed by atoms with Crippen molar-refractivity contribution < 1.29 is 14.3 Å². The number of hydrogen-bond acceptors (Lipinski definition) is 4. The molecule has 1 aliphatic heterocycles. The minimum atomic E-state index is -0.527. The van der Waals surface area contributed by atoms with E-state index in [9.17, 15) is 9.59 Å². The van der Waals surface area contributed by atoms with Crippen LogP contribution in [-0.4, -0.2) is 45.4 Å². The van der Waals surface area contributed by atoms with Gasteiger partial charge in [-0.2, -0.15) is 5.10 Å². The van der Waals surface area contributed by atoms with Crippen molar-refractivity contribution in [3.8, 4) is 5.69 Å². The predicted octanol–water partition coefficient (Wildman–Crippen LogP) is 5.80. The molecule has 0 atom stereocenters. The summed E-state index contributed by atoms with van der Waals surface area (Å²) in [5.74, 6) is -0.0967. The molecule has 2 heterocycles. The third-order valence-electron chi connectivity index (χ3n) is 6.21. The number of amides is 2. The number of anilines is 1. The zero-order chi connectivity index (χ0) is 25.0. The number of carbonyl (C=O) groups is 2. The van der Waals surface area contributed by atoms with Gasteiger partial charge in [-0.25, -0.2) is 9.48 Å². The lowest BCUT2D eigenvalue weighted by Crippen LogP contribution is -2.41. The van der Waals surface area contributed by atoms with Gasteiger partial charge >= 0.3 is 6.09 Å². The van der Waals surface area contributed by atoms with Crippen molar-refractivity contribution in [2.45, 2.75) is 58.5 Å². The summed E-state index contributed by atoms with van der Waals surface area (Å²) in [6.45, 7) is 8.86. The van der Waals surface area contributed by atoms with Crippen LogP contribution in [0.1, 0.15) is 68.1 Å². The van der Waals surface area contributed by atoms with Crippen LogP contribution in [0.25, 0.3) is 5.69 Å². The molecule has 0 aliphatic carbocycles. The Morgan fingerprint density at radius 1 is 1.03 bits per heavy atom. The molecule has 0 unspecified atom stereocenters. The molecule has 1 saturated heterocycles. The third kappa shape index (κ3) is 5.91. The number of aryl methyl sites for hydroxylation is 1. The molecule has 3 aromatic rings. The number of rotatable bonds is 5. The fourth-order valence-corrected chi connectivity index (χ4v) is 4.38. The van der Waals surface area contributed by atoms with Crippen molar-refractivity contribution in [1.29, 1.82) is 0 Å². The maximum absolute atomic E-state index is 13.4. The molecule has 1 fully saturated rings. The summed E-state index contributed by atoms with van der Waals surface area (Å²) >= 11 is 0. The van der Waals surface area contributed by atoms with E-state index in [0.29, 0.717) is 18.7 Å². The van der Waals surface area contributed by atoms with Crippen LogP contribution in [0.5, 0.6) is 0 Å². The van der Waals surface area contributed by atoms with Gasteiger partial charge in [0.25, 0.3) is 5.91 Å². The van der Waals surface area contributed by atoms with Crippen LogP contribution >= 0.6 is 0 Å². The average Bonchev–Trinajstić information content (AvgIpc) is 3.29. The molecule has 1 aliphatic rings.